The van der Waals surface area contributed by atoms with Gasteiger partial charge in [0.15, 0.2) is 5.78 Å². The monoisotopic (exact) mass is 612 g/mol. The fourth-order valence-electron chi connectivity index (χ4n) is 5.18. The van der Waals surface area contributed by atoms with Crippen molar-refractivity contribution in [3.8, 4) is 0 Å². The van der Waals surface area contributed by atoms with Crippen LogP contribution >= 0.6 is 0 Å². The maximum atomic E-state index is 14.3. The van der Waals surface area contributed by atoms with Crippen LogP contribution in [0.4, 0.5) is 21.9 Å². The Labute approximate surface area is 263 Å². The van der Waals surface area contributed by atoms with E-state index < -0.39 is 23.9 Å². The average molecular weight is 613 g/mol. The lowest BCUT2D eigenvalue weighted by atomic mass is 9.91. The molecule has 1 aliphatic heterocycles. The Morgan fingerprint density at radius 1 is 0.933 bits per heavy atom. The van der Waals surface area contributed by atoms with Crippen molar-refractivity contribution in [3.63, 3.8) is 0 Å². The molecule has 0 radical (unpaired) electrons. The summed E-state index contributed by atoms with van der Waals surface area (Å²) >= 11 is 0. The van der Waals surface area contributed by atoms with Crippen molar-refractivity contribution in [2.24, 2.45) is 5.41 Å². The van der Waals surface area contributed by atoms with Crippen LogP contribution < -0.4 is 20.4 Å². The van der Waals surface area contributed by atoms with Gasteiger partial charge >= 0.3 is 12.0 Å². The zero-order valence-corrected chi connectivity index (χ0v) is 26.6. The van der Waals surface area contributed by atoms with E-state index in [0.717, 1.165) is 11.1 Å². The first kappa shape index (κ1) is 32.9. The quantitative estimate of drug-likeness (QED) is 0.250. The summed E-state index contributed by atoms with van der Waals surface area (Å²) in [5.74, 6) is -1.56. The molecule has 4 rings (SSSR count). The minimum Gasteiger partial charge on any atom is -0.462 e. The van der Waals surface area contributed by atoms with Crippen LogP contribution in [-0.2, 0) is 14.3 Å². The number of rotatable bonds is 8. The summed E-state index contributed by atoms with van der Waals surface area (Å²) < 4.78 is 5.05. The molecule has 3 aromatic carbocycles. The predicted octanol–water partition coefficient (Wildman–Crippen LogP) is 5.67. The Kier molecular flexibility index (Phi) is 10.1. The molecule has 0 spiro atoms. The lowest BCUT2D eigenvalue weighted by Crippen LogP contribution is -2.54. The maximum absolute atomic E-state index is 14.3. The maximum Gasteiger partial charge on any atom is 0.338 e. The highest BCUT2D eigenvalue weighted by molar-refractivity contribution is 6.13. The van der Waals surface area contributed by atoms with E-state index in [2.05, 4.69) is 10.6 Å². The number of ether oxygens (including phenoxy) is 1. The zero-order chi connectivity index (χ0) is 32.9. The molecule has 1 heterocycles. The summed E-state index contributed by atoms with van der Waals surface area (Å²) in [6.45, 7) is 11.0. The van der Waals surface area contributed by atoms with Gasteiger partial charge in [0.25, 0.3) is 5.91 Å². The first-order valence-corrected chi connectivity index (χ1v) is 14.9. The molecule has 4 amide bonds. The molecule has 10 nitrogen and oxygen atoms in total. The van der Waals surface area contributed by atoms with Crippen LogP contribution in [0.1, 0.15) is 66.0 Å². The Morgan fingerprint density at radius 3 is 2.36 bits per heavy atom. The summed E-state index contributed by atoms with van der Waals surface area (Å²) in [7, 11) is 0. The van der Waals surface area contributed by atoms with Crippen molar-refractivity contribution in [1.82, 2.24) is 5.32 Å². The van der Waals surface area contributed by atoms with E-state index in [1.54, 1.807) is 49.4 Å². The Bertz CT molecular complexity index is 1630. The number of fused-ring (bicyclic) bond motifs is 1. The number of nitrogens with zero attached hydrogens (tertiary/aromatic N) is 2. The first-order valence-electron chi connectivity index (χ1n) is 14.9. The molecule has 45 heavy (non-hydrogen) atoms. The fourth-order valence-corrected chi connectivity index (χ4v) is 5.18. The number of amides is 4. The van der Waals surface area contributed by atoms with Gasteiger partial charge in [-0.15, -0.1) is 0 Å². The normalized spacial score (nSPS) is 14.7. The lowest BCUT2D eigenvalue weighted by Gasteiger charge is -2.28. The molecule has 1 unspecified atom stereocenters. The van der Waals surface area contributed by atoms with Crippen molar-refractivity contribution in [3.05, 3.63) is 89.0 Å². The van der Waals surface area contributed by atoms with Gasteiger partial charge in [0.05, 0.1) is 36.6 Å². The summed E-state index contributed by atoms with van der Waals surface area (Å²) in [5, 5.41) is 5.39. The van der Waals surface area contributed by atoms with Gasteiger partial charge in [0, 0.05) is 17.7 Å². The van der Waals surface area contributed by atoms with Crippen molar-refractivity contribution in [1.29, 1.82) is 0 Å². The van der Waals surface area contributed by atoms with Crippen LogP contribution in [0.15, 0.2) is 66.7 Å². The van der Waals surface area contributed by atoms with Gasteiger partial charge in [0.1, 0.15) is 6.04 Å². The van der Waals surface area contributed by atoms with Gasteiger partial charge in [-0.1, -0.05) is 57.2 Å². The number of benzene rings is 3. The molecule has 0 aromatic heterocycles. The van der Waals surface area contributed by atoms with E-state index >= 15 is 0 Å². The SMILES string of the molecule is CCOC(=O)c1cccc(NC(=O)NC2CN(C(=O)CC(C)(C)C)c3ccc(C)cc3N(CC(=O)c3ccccc3C)C2=O)c1. The summed E-state index contributed by atoms with van der Waals surface area (Å²) in [6, 6.07) is 16.9. The molecule has 0 aliphatic carbocycles. The van der Waals surface area contributed by atoms with Gasteiger partial charge in [0.2, 0.25) is 5.91 Å². The Balaban J connectivity index is 1.70. The van der Waals surface area contributed by atoms with Crippen LogP contribution in [0.3, 0.4) is 0 Å². The van der Waals surface area contributed by atoms with Crippen LogP contribution in [0, 0.1) is 19.3 Å². The second-order valence-electron chi connectivity index (χ2n) is 12.3. The van der Waals surface area contributed by atoms with Crippen LogP contribution in [0.5, 0.6) is 0 Å². The van der Waals surface area contributed by atoms with Crippen molar-refractivity contribution in [2.75, 3.05) is 34.8 Å². The molecule has 1 atom stereocenters. The number of carbonyl (C=O) groups is 5. The van der Waals surface area contributed by atoms with E-state index in [9.17, 15) is 24.0 Å². The van der Waals surface area contributed by atoms with Crippen LogP contribution in [0.2, 0.25) is 0 Å². The van der Waals surface area contributed by atoms with E-state index in [0.29, 0.717) is 22.6 Å². The standard InChI is InChI=1S/C35H40N4O6/c1-7-45-33(43)24-12-10-13-25(18-24)36-34(44)37-27-20-38(31(41)19-35(4,5)6)28-16-15-22(2)17-29(28)39(32(27)42)21-30(40)26-14-9-8-11-23(26)3/h8-18,27H,7,19-21H2,1-6H3,(H2,36,37,44). The number of anilines is 3. The van der Waals surface area contributed by atoms with Gasteiger partial charge in [-0.05, 0) is 67.6 Å². The molecule has 3 aromatic rings. The smallest absolute Gasteiger partial charge is 0.338 e. The molecule has 0 fully saturated rings. The highest BCUT2D eigenvalue weighted by Crippen LogP contribution is 2.36. The molecule has 0 saturated heterocycles. The molecule has 2 N–H and O–H groups in total. The van der Waals surface area contributed by atoms with E-state index in [1.807, 2.05) is 52.8 Å². The second kappa shape index (κ2) is 13.8. The Hall–Kier alpha value is -4.99. The number of Topliss-reactive ketones (excluding diaryl/α,β-unsaturated/α-hetero) is 1. The van der Waals surface area contributed by atoms with Gasteiger partial charge in [-0.25, -0.2) is 9.59 Å². The minimum atomic E-state index is -1.19. The number of nitrogens with one attached hydrogen (secondary N) is 2. The minimum absolute atomic E-state index is 0.144. The number of ketones is 1. The van der Waals surface area contributed by atoms with E-state index in [1.165, 1.54) is 15.9 Å². The zero-order valence-electron chi connectivity index (χ0n) is 26.6. The van der Waals surface area contributed by atoms with Crippen molar-refractivity contribution < 1.29 is 28.7 Å². The highest BCUT2D eigenvalue weighted by atomic mass is 16.5. The van der Waals surface area contributed by atoms with Crippen molar-refractivity contribution >= 4 is 46.7 Å². The second-order valence-corrected chi connectivity index (χ2v) is 12.3. The molecule has 0 bridgehead atoms. The number of urea groups is 1. The number of aryl methyl sites for hydroxylation is 2. The first-order chi connectivity index (χ1) is 21.3. The fraction of sp³-hybridized carbons (Fsp3) is 0.343. The third-order valence-electron chi connectivity index (χ3n) is 7.31. The van der Waals surface area contributed by atoms with Crippen LogP contribution in [0.25, 0.3) is 0 Å². The molecule has 0 saturated carbocycles. The Morgan fingerprint density at radius 2 is 1.67 bits per heavy atom. The predicted molar refractivity (Wildman–Crippen MR) is 174 cm³/mol. The van der Waals surface area contributed by atoms with Gasteiger partial charge in [-0.3, -0.25) is 14.4 Å². The number of hydrogen-bond acceptors (Lipinski definition) is 6. The topological polar surface area (TPSA) is 125 Å². The highest BCUT2D eigenvalue weighted by Gasteiger charge is 2.38. The largest absolute Gasteiger partial charge is 0.462 e. The molecule has 1 aliphatic rings. The molecular weight excluding hydrogens is 572 g/mol. The van der Waals surface area contributed by atoms with E-state index in [4.69, 9.17) is 4.74 Å². The van der Waals surface area contributed by atoms with Gasteiger partial charge < -0.3 is 25.2 Å². The number of carbonyl (C=O) groups excluding carboxylic acids is 5. The number of esters is 1. The summed E-state index contributed by atoms with van der Waals surface area (Å²) in [4.78, 5) is 69.9. The number of hydrogen-bond donors (Lipinski definition) is 2. The average Bonchev–Trinajstić information content (AvgIpc) is 3.07. The third kappa shape index (κ3) is 8.14. The van der Waals surface area contributed by atoms with Crippen LogP contribution in [-0.4, -0.2) is 55.3 Å². The van der Waals surface area contributed by atoms with E-state index in [-0.39, 0.29) is 48.8 Å². The third-order valence-corrected chi connectivity index (χ3v) is 7.31. The molecular formula is C35H40N4O6. The summed E-state index contributed by atoms with van der Waals surface area (Å²) in [6.07, 6.45) is 0.191. The molecule has 10 heteroatoms. The molecule has 236 valence electrons. The summed E-state index contributed by atoms with van der Waals surface area (Å²) in [5.41, 5.74) is 3.20. The van der Waals surface area contributed by atoms with Gasteiger partial charge in [-0.2, -0.15) is 0 Å². The van der Waals surface area contributed by atoms with Crippen molar-refractivity contribution in [2.45, 2.75) is 54.0 Å². The lowest BCUT2D eigenvalue weighted by molar-refractivity contribution is -0.121.